The van der Waals surface area contributed by atoms with Crippen LogP contribution in [0.4, 0.5) is 0 Å². The van der Waals surface area contributed by atoms with Crippen LogP contribution in [0.1, 0.15) is 19.3 Å². The zero-order valence-corrected chi connectivity index (χ0v) is 9.76. The second-order valence-corrected chi connectivity index (χ2v) is 6.56. The Labute approximate surface area is 89.8 Å². The van der Waals surface area contributed by atoms with E-state index in [4.69, 9.17) is 0 Å². The second kappa shape index (κ2) is 5.52. The average Bonchev–Trinajstić information content (AvgIpc) is 2.98. The van der Waals surface area contributed by atoms with E-state index in [1.165, 1.54) is 49.6 Å². The third-order valence-corrected chi connectivity index (χ3v) is 5.53. The van der Waals surface area contributed by atoms with Crippen molar-refractivity contribution in [3.8, 4) is 0 Å². The SMILES string of the molecule is C(CC1CC1)NCC1CSCCS1. The fraction of sp³-hybridized carbons (Fsp3) is 1.00. The molecule has 1 heterocycles. The number of rotatable bonds is 5. The summed E-state index contributed by atoms with van der Waals surface area (Å²) < 4.78 is 0. The molecule has 1 unspecified atom stereocenters. The molecule has 0 aromatic carbocycles. The molecule has 1 aliphatic heterocycles. The second-order valence-electron chi connectivity index (χ2n) is 4.00. The molecule has 1 saturated heterocycles. The van der Waals surface area contributed by atoms with Crippen molar-refractivity contribution in [3.63, 3.8) is 0 Å². The Morgan fingerprint density at radius 2 is 2.15 bits per heavy atom. The van der Waals surface area contributed by atoms with Crippen molar-refractivity contribution in [2.24, 2.45) is 5.92 Å². The molecule has 2 fully saturated rings. The lowest BCUT2D eigenvalue weighted by atomic mass is 10.3. The first kappa shape index (κ1) is 10.2. The molecule has 2 aliphatic rings. The molecule has 1 nitrogen and oxygen atoms in total. The van der Waals surface area contributed by atoms with Gasteiger partial charge in [-0.05, 0) is 18.9 Å². The zero-order chi connectivity index (χ0) is 8.93. The van der Waals surface area contributed by atoms with Crippen LogP contribution in [0.3, 0.4) is 0 Å². The summed E-state index contributed by atoms with van der Waals surface area (Å²) in [5.74, 6) is 5.17. The minimum Gasteiger partial charge on any atom is -0.316 e. The third-order valence-electron chi connectivity index (χ3n) is 2.68. The van der Waals surface area contributed by atoms with Crippen LogP contribution in [0.25, 0.3) is 0 Å². The molecule has 1 aliphatic carbocycles. The van der Waals surface area contributed by atoms with Gasteiger partial charge in [0.05, 0.1) is 0 Å². The Morgan fingerprint density at radius 1 is 1.23 bits per heavy atom. The Morgan fingerprint density at radius 3 is 2.85 bits per heavy atom. The van der Waals surface area contributed by atoms with E-state index in [-0.39, 0.29) is 0 Å². The van der Waals surface area contributed by atoms with Gasteiger partial charge in [-0.3, -0.25) is 0 Å². The van der Waals surface area contributed by atoms with Crippen LogP contribution in [0.2, 0.25) is 0 Å². The first-order valence-electron chi connectivity index (χ1n) is 5.35. The molecule has 0 amide bonds. The number of thioether (sulfide) groups is 2. The van der Waals surface area contributed by atoms with Crippen LogP contribution in [-0.4, -0.2) is 35.6 Å². The summed E-state index contributed by atoms with van der Waals surface area (Å²) in [7, 11) is 0. The van der Waals surface area contributed by atoms with Crippen LogP contribution in [0.5, 0.6) is 0 Å². The van der Waals surface area contributed by atoms with Crippen molar-refractivity contribution in [2.75, 3.05) is 30.3 Å². The van der Waals surface area contributed by atoms with Gasteiger partial charge in [-0.1, -0.05) is 12.8 Å². The standard InChI is InChI=1S/C10H19NS2/c1-2-9(1)3-4-11-7-10-8-12-5-6-13-10/h9-11H,1-8H2. The molecule has 0 radical (unpaired) electrons. The largest absolute Gasteiger partial charge is 0.316 e. The number of hydrogen-bond acceptors (Lipinski definition) is 3. The van der Waals surface area contributed by atoms with Gasteiger partial charge in [0.1, 0.15) is 0 Å². The van der Waals surface area contributed by atoms with E-state index in [1.54, 1.807) is 0 Å². The molecule has 2 rings (SSSR count). The molecular weight excluding hydrogens is 198 g/mol. The molecule has 1 atom stereocenters. The predicted octanol–water partition coefficient (Wildman–Crippen LogP) is 2.22. The quantitative estimate of drug-likeness (QED) is 0.709. The summed E-state index contributed by atoms with van der Waals surface area (Å²) in [5.41, 5.74) is 0. The lowest BCUT2D eigenvalue weighted by Gasteiger charge is -2.21. The highest BCUT2D eigenvalue weighted by molar-refractivity contribution is 8.06. The molecule has 0 bridgehead atoms. The van der Waals surface area contributed by atoms with E-state index in [9.17, 15) is 0 Å². The topological polar surface area (TPSA) is 12.0 Å². The smallest absolute Gasteiger partial charge is 0.0263 e. The molecule has 76 valence electrons. The first-order valence-corrected chi connectivity index (χ1v) is 7.55. The van der Waals surface area contributed by atoms with E-state index in [2.05, 4.69) is 28.8 Å². The van der Waals surface area contributed by atoms with E-state index >= 15 is 0 Å². The van der Waals surface area contributed by atoms with Gasteiger partial charge in [0, 0.05) is 29.1 Å². The van der Waals surface area contributed by atoms with Gasteiger partial charge in [-0.15, -0.1) is 0 Å². The minimum absolute atomic E-state index is 0.887. The van der Waals surface area contributed by atoms with E-state index < -0.39 is 0 Å². The highest BCUT2D eigenvalue weighted by atomic mass is 32.2. The Bertz CT molecular complexity index is 142. The summed E-state index contributed by atoms with van der Waals surface area (Å²) in [5, 5.41) is 4.48. The van der Waals surface area contributed by atoms with Gasteiger partial charge in [-0.2, -0.15) is 23.5 Å². The minimum atomic E-state index is 0.887. The Kier molecular flexibility index (Phi) is 4.32. The molecular formula is C10H19NS2. The van der Waals surface area contributed by atoms with Gasteiger partial charge in [0.2, 0.25) is 0 Å². The molecule has 1 N–H and O–H groups in total. The zero-order valence-electron chi connectivity index (χ0n) is 8.13. The van der Waals surface area contributed by atoms with E-state index in [1.807, 2.05) is 0 Å². The van der Waals surface area contributed by atoms with Gasteiger partial charge in [0.15, 0.2) is 0 Å². The van der Waals surface area contributed by atoms with Crippen molar-refractivity contribution in [3.05, 3.63) is 0 Å². The van der Waals surface area contributed by atoms with Gasteiger partial charge in [-0.25, -0.2) is 0 Å². The maximum Gasteiger partial charge on any atom is 0.0263 e. The third kappa shape index (κ3) is 4.13. The highest BCUT2D eigenvalue weighted by Gasteiger charge is 2.20. The molecule has 0 aromatic heterocycles. The molecule has 1 saturated carbocycles. The van der Waals surface area contributed by atoms with E-state index in [0.29, 0.717) is 0 Å². The van der Waals surface area contributed by atoms with Crippen molar-refractivity contribution in [1.82, 2.24) is 5.32 Å². The summed E-state index contributed by atoms with van der Waals surface area (Å²) in [6, 6.07) is 0. The summed E-state index contributed by atoms with van der Waals surface area (Å²) >= 11 is 4.27. The Hall–Kier alpha value is 0.660. The normalized spacial score (nSPS) is 29.1. The van der Waals surface area contributed by atoms with Gasteiger partial charge >= 0.3 is 0 Å². The molecule has 3 heteroatoms. The van der Waals surface area contributed by atoms with Crippen molar-refractivity contribution in [2.45, 2.75) is 24.5 Å². The maximum atomic E-state index is 3.59. The summed E-state index contributed by atoms with van der Waals surface area (Å²) in [6.07, 6.45) is 4.41. The van der Waals surface area contributed by atoms with Crippen LogP contribution >= 0.6 is 23.5 Å². The van der Waals surface area contributed by atoms with Crippen LogP contribution < -0.4 is 5.32 Å². The lowest BCUT2D eigenvalue weighted by molar-refractivity contribution is 0.613. The van der Waals surface area contributed by atoms with Gasteiger partial charge < -0.3 is 5.32 Å². The fourth-order valence-corrected chi connectivity index (χ4v) is 4.28. The molecule has 0 aromatic rings. The Balaban J connectivity index is 1.46. The molecule has 13 heavy (non-hydrogen) atoms. The lowest BCUT2D eigenvalue weighted by Crippen LogP contribution is -2.29. The monoisotopic (exact) mass is 217 g/mol. The van der Waals surface area contributed by atoms with Crippen LogP contribution in [-0.2, 0) is 0 Å². The highest BCUT2D eigenvalue weighted by Crippen LogP contribution is 2.31. The van der Waals surface area contributed by atoms with Gasteiger partial charge in [0.25, 0.3) is 0 Å². The average molecular weight is 217 g/mol. The summed E-state index contributed by atoms with van der Waals surface area (Å²) in [6.45, 7) is 2.50. The molecule has 0 spiro atoms. The maximum absolute atomic E-state index is 3.59. The van der Waals surface area contributed by atoms with E-state index in [0.717, 1.165) is 11.2 Å². The predicted molar refractivity (Wildman–Crippen MR) is 63.8 cm³/mol. The van der Waals surface area contributed by atoms with Crippen molar-refractivity contribution in [1.29, 1.82) is 0 Å². The van der Waals surface area contributed by atoms with Crippen LogP contribution in [0, 0.1) is 5.92 Å². The van der Waals surface area contributed by atoms with Crippen molar-refractivity contribution < 1.29 is 0 Å². The van der Waals surface area contributed by atoms with Crippen molar-refractivity contribution >= 4 is 23.5 Å². The van der Waals surface area contributed by atoms with Crippen LogP contribution in [0.15, 0.2) is 0 Å². The fourth-order valence-electron chi connectivity index (χ4n) is 1.63. The first-order chi connectivity index (χ1) is 6.45. The number of nitrogens with one attached hydrogen (secondary N) is 1. The number of hydrogen-bond donors (Lipinski definition) is 1. The summed E-state index contributed by atoms with van der Waals surface area (Å²) in [4.78, 5) is 0.